The maximum atomic E-state index is 12.7. The van der Waals surface area contributed by atoms with E-state index in [2.05, 4.69) is 14.8 Å². The third-order valence-corrected chi connectivity index (χ3v) is 4.73. The quantitative estimate of drug-likeness (QED) is 0.533. The number of aromatic nitrogens is 3. The van der Waals surface area contributed by atoms with Crippen molar-refractivity contribution >= 4 is 34.2 Å². The van der Waals surface area contributed by atoms with Gasteiger partial charge >= 0.3 is 6.18 Å². The largest absolute Gasteiger partial charge is 0.416 e. The Hall–Kier alpha value is -3.20. The van der Waals surface area contributed by atoms with Crippen LogP contribution in [0.15, 0.2) is 60.0 Å². The molecule has 0 atom stereocenters. The van der Waals surface area contributed by atoms with Gasteiger partial charge in [0, 0.05) is 10.8 Å². The Morgan fingerprint density at radius 1 is 1.07 bits per heavy atom. The molecule has 0 bridgehead atoms. The number of alkyl halides is 3. The van der Waals surface area contributed by atoms with Crippen LogP contribution in [0.5, 0.6) is 0 Å². The lowest BCUT2D eigenvalue weighted by atomic mass is 10.1. The van der Waals surface area contributed by atoms with Gasteiger partial charge in [-0.3, -0.25) is 9.48 Å². The molecule has 0 aliphatic heterocycles. The number of halogens is 3. The molecule has 0 saturated heterocycles. The zero-order valence-electron chi connectivity index (χ0n) is 14.3. The number of anilines is 1. The number of fused-ring (bicyclic) bond motifs is 1. The molecule has 0 fully saturated rings. The van der Waals surface area contributed by atoms with Crippen molar-refractivity contribution in [2.24, 2.45) is 0 Å². The van der Waals surface area contributed by atoms with Crippen molar-refractivity contribution in [2.45, 2.75) is 12.7 Å². The van der Waals surface area contributed by atoms with E-state index in [4.69, 9.17) is 0 Å². The molecular weight excluding hydrogens is 389 g/mol. The van der Waals surface area contributed by atoms with Crippen molar-refractivity contribution < 1.29 is 18.0 Å². The minimum Gasteiger partial charge on any atom is -0.303 e. The van der Waals surface area contributed by atoms with Crippen molar-refractivity contribution in [3.8, 4) is 0 Å². The average molecular weight is 402 g/mol. The summed E-state index contributed by atoms with van der Waals surface area (Å²) >= 11 is 1.18. The SMILES string of the molecule is O=C(Nc1nn(Cc2ccc(C(F)(F)F)cc2)c2ccccc12)c1ccsn1. The number of benzene rings is 2. The number of para-hydroxylation sites is 1. The molecule has 1 amide bonds. The van der Waals surface area contributed by atoms with Crippen molar-refractivity contribution in [1.82, 2.24) is 14.2 Å². The summed E-state index contributed by atoms with van der Waals surface area (Å²) < 4.78 is 43.8. The maximum absolute atomic E-state index is 12.7. The van der Waals surface area contributed by atoms with Crippen LogP contribution in [-0.2, 0) is 12.7 Å². The van der Waals surface area contributed by atoms with Crippen LogP contribution in [0.3, 0.4) is 0 Å². The fraction of sp³-hybridized carbons (Fsp3) is 0.105. The zero-order valence-corrected chi connectivity index (χ0v) is 15.1. The predicted octanol–water partition coefficient (Wildman–Crippen LogP) is 4.81. The molecule has 4 rings (SSSR count). The van der Waals surface area contributed by atoms with Gasteiger partial charge < -0.3 is 5.32 Å². The monoisotopic (exact) mass is 402 g/mol. The first-order chi connectivity index (χ1) is 13.4. The highest BCUT2D eigenvalue weighted by molar-refractivity contribution is 7.03. The lowest BCUT2D eigenvalue weighted by Crippen LogP contribution is -2.13. The summed E-state index contributed by atoms with van der Waals surface area (Å²) in [6.45, 7) is 0.269. The highest BCUT2D eigenvalue weighted by Crippen LogP contribution is 2.29. The normalized spacial score (nSPS) is 11.7. The molecule has 0 saturated carbocycles. The molecular formula is C19H13F3N4OS. The van der Waals surface area contributed by atoms with Crippen LogP contribution in [0.1, 0.15) is 21.6 Å². The summed E-state index contributed by atoms with van der Waals surface area (Å²) in [4.78, 5) is 12.3. The van der Waals surface area contributed by atoms with Crippen LogP contribution in [0, 0.1) is 0 Å². The first kappa shape index (κ1) is 18.2. The van der Waals surface area contributed by atoms with Gasteiger partial charge in [0.1, 0.15) is 5.69 Å². The van der Waals surface area contributed by atoms with Crippen LogP contribution >= 0.6 is 11.5 Å². The maximum Gasteiger partial charge on any atom is 0.416 e. The van der Waals surface area contributed by atoms with Gasteiger partial charge in [-0.1, -0.05) is 24.3 Å². The molecule has 5 nitrogen and oxygen atoms in total. The van der Waals surface area contributed by atoms with E-state index >= 15 is 0 Å². The molecule has 0 aliphatic rings. The lowest BCUT2D eigenvalue weighted by molar-refractivity contribution is -0.137. The Balaban J connectivity index is 1.63. The molecule has 0 unspecified atom stereocenters. The molecule has 2 heterocycles. The fourth-order valence-corrected chi connectivity index (χ4v) is 3.32. The second-order valence-corrected chi connectivity index (χ2v) is 6.72. The van der Waals surface area contributed by atoms with Crippen LogP contribution < -0.4 is 5.32 Å². The topological polar surface area (TPSA) is 59.8 Å². The van der Waals surface area contributed by atoms with Gasteiger partial charge in [-0.15, -0.1) is 0 Å². The van der Waals surface area contributed by atoms with Crippen LogP contribution in [0.4, 0.5) is 19.0 Å². The molecule has 4 aromatic rings. The summed E-state index contributed by atoms with van der Waals surface area (Å²) in [5, 5.41) is 9.63. The first-order valence-electron chi connectivity index (χ1n) is 8.25. The molecule has 0 spiro atoms. The van der Waals surface area contributed by atoms with Gasteiger partial charge in [-0.25, -0.2) is 0 Å². The number of amides is 1. The minimum atomic E-state index is -4.37. The van der Waals surface area contributed by atoms with Crippen LogP contribution in [-0.4, -0.2) is 20.1 Å². The summed E-state index contributed by atoms with van der Waals surface area (Å²) in [6, 6.07) is 13.9. The van der Waals surface area contributed by atoms with Crippen LogP contribution in [0.25, 0.3) is 10.9 Å². The Morgan fingerprint density at radius 3 is 2.50 bits per heavy atom. The van der Waals surface area contributed by atoms with E-state index < -0.39 is 11.7 Å². The second-order valence-electron chi connectivity index (χ2n) is 6.06. The molecule has 2 aromatic carbocycles. The van der Waals surface area contributed by atoms with E-state index in [1.54, 1.807) is 16.1 Å². The fourth-order valence-electron chi connectivity index (χ4n) is 2.81. The highest BCUT2D eigenvalue weighted by Gasteiger charge is 2.30. The number of hydrogen-bond donors (Lipinski definition) is 1. The van der Waals surface area contributed by atoms with Gasteiger partial charge in [0.2, 0.25) is 0 Å². The number of nitrogens with one attached hydrogen (secondary N) is 1. The Morgan fingerprint density at radius 2 is 1.82 bits per heavy atom. The van der Waals surface area contributed by atoms with E-state index in [1.807, 2.05) is 24.3 Å². The molecule has 142 valence electrons. The summed E-state index contributed by atoms with van der Waals surface area (Å²) in [6.07, 6.45) is -4.37. The number of carbonyl (C=O) groups is 1. The zero-order chi connectivity index (χ0) is 19.7. The summed E-state index contributed by atoms with van der Waals surface area (Å²) in [5.41, 5.74) is 1.03. The lowest BCUT2D eigenvalue weighted by Gasteiger charge is -2.08. The van der Waals surface area contributed by atoms with Crippen LogP contribution in [0.2, 0.25) is 0 Å². The predicted molar refractivity (Wildman–Crippen MR) is 100 cm³/mol. The Bertz CT molecular complexity index is 1120. The van der Waals surface area contributed by atoms with E-state index in [0.717, 1.165) is 23.0 Å². The summed E-state index contributed by atoms with van der Waals surface area (Å²) in [5.74, 6) is 0.00620. The third-order valence-electron chi connectivity index (χ3n) is 4.17. The number of nitrogens with zero attached hydrogens (tertiary/aromatic N) is 3. The van der Waals surface area contributed by atoms with Gasteiger partial charge in [0.25, 0.3) is 5.91 Å². The van der Waals surface area contributed by atoms with Gasteiger partial charge in [0.05, 0.1) is 17.6 Å². The van der Waals surface area contributed by atoms with E-state index in [9.17, 15) is 18.0 Å². The molecule has 28 heavy (non-hydrogen) atoms. The van der Waals surface area contributed by atoms with Crippen molar-refractivity contribution in [3.05, 3.63) is 76.8 Å². The van der Waals surface area contributed by atoms with Crippen molar-refractivity contribution in [2.75, 3.05) is 5.32 Å². The second kappa shape index (κ2) is 7.08. The number of hydrogen-bond acceptors (Lipinski definition) is 4. The molecule has 2 aromatic heterocycles. The van der Waals surface area contributed by atoms with E-state index in [1.165, 1.54) is 23.7 Å². The highest BCUT2D eigenvalue weighted by atomic mass is 32.1. The number of carbonyl (C=O) groups excluding carboxylic acids is 1. The van der Waals surface area contributed by atoms with Crippen molar-refractivity contribution in [3.63, 3.8) is 0 Å². The third kappa shape index (κ3) is 3.61. The molecule has 1 N–H and O–H groups in total. The average Bonchev–Trinajstić information content (AvgIpc) is 3.31. The van der Waals surface area contributed by atoms with E-state index in [0.29, 0.717) is 17.1 Å². The number of rotatable bonds is 4. The molecule has 0 aliphatic carbocycles. The smallest absolute Gasteiger partial charge is 0.303 e. The van der Waals surface area contributed by atoms with Gasteiger partial charge in [-0.05, 0) is 47.4 Å². The summed E-state index contributed by atoms with van der Waals surface area (Å²) in [7, 11) is 0. The minimum absolute atomic E-state index is 0.269. The first-order valence-corrected chi connectivity index (χ1v) is 9.09. The Kier molecular flexibility index (Phi) is 4.60. The molecule has 9 heteroatoms. The van der Waals surface area contributed by atoms with E-state index in [-0.39, 0.29) is 12.5 Å². The van der Waals surface area contributed by atoms with Crippen molar-refractivity contribution in [1.29, 1.82) is 0 Å². The molecule has 0 radical (unpaired) electrons. The Labute approximate surface area is 161 Å². The van der Waals surface area contributed by atoms with Gasteiger partial charge in [0.15, 0.2) is 5.82 Å². The van der Waals surface area contributed by atoms with Gasteiger partial charge in [-0.2, -0.15) is 22.6 Å². The standard InChI is InChI=1S/C19H13F3N4OS/c20-19(21,22)13-7-5-12(6-8-13)11-26-16-4-2-1-3-14(16)17(24-26)23-18(27)15-9-10-28-25-15/h1-10H,11H2,(H,23,24,27).